The number of carbonyl (C=O) groups excluding carboxylic acids is 3. The minimum absolute atomic E-state index is 0.128. The molecule has 1 N–H and O–H groups in total. The van der Waals surface area contributed by atoms with Crippen LogP contribution in [0.25, 0.3) is 0 Å². The van der Waals surface area contributed by atoms with E-state index in [1.165, 1.54) is 23.2 Å². The molecular weight excluding hydrogens is 353 g/mol. The highest BCUT2D eigenvalue weighted by Gasteiger charge is 2.55. The van der Waals surface area contributed by atoms with Crippen molar-refractivity contribution in [1.29, 1.82) is 0 Å². The van der Waals surface area contributed by atoms with Crippen molar-refractivity contribution < 1.29 is 18.8 Å². The first-order valence-corrected chi connectivity index (χ1v) is 8.20. The van der Waals surface area contributed by atoms with Gasteiger partial charge >= 0.3 is 0 Å². The molecule has 1 saturated heterocycles. The van der Waals surface area contributed by atoms with E-state index in [1.807, 2.05) is 6.07 Å². The van der Waals surface area contributed by atoms with Gasteiger partial charge in [-0.3, -0.25) is 19.4 Å². The first-order chi connectivity index (χ1) is 13.0. The topological polar surface area (TPSA) is 94.4 Å². The molecule has 0 bridgehead atoms. The van der Waals surface area contributed by atoms with E-state index in [0.717, 1.165) is 11.0 Å². The number of halogens is 1. The third kappa shape index (κ3) is 3.03. The summed E-state index contributed by atoms with van der Waals surface area (Å²) >= 11 is 0. The summed E-state index contributed by atoms with van der Waals surface area (Å²) in [6.45, 7) is -0.241. The minimum Gasteiger partial charge on any atom is -0.324 e. The predicted molar refractivity (Wildman–Crippen MR) is 93.1 cm³/mol. The van der Waals surface area contributed by atoms with Crippen molar-refractivity contribution in [2.24, 2.45) is 10.3 Å². The molecule has 0 unspecified atom stereocenters. The Hall–Kier alpha value is -3.62. The molecule has 2 aliphatic heterocycles. The number of rotatable bonds is 4. The molecule has 8 nitrogen and oxygen atoms in total. The normalized spacial score (nSPS) is 20.9. The summed E-state index contributed by atoms with van der Waals surface area (Å²) in [5.41, 5.74) is 0.730. The van der Waals surface area contributed by atoms with Gasteiger partial charge in [0, 0.05) is 5.69 Å². The van der Waals surface area contributed by atoms with Gasteiger partial charge in [0.25, 0.3) is 11.8 Å². The van der Waals surface area contributed by atoms with Crippen molar-refractivity contribution in [3.63, 3.8) is 0 Å². The minimum atomic E-state index is -1.04. The van der Waals surface area contributed by atoms with Gasteiger partial charge in [0.1, 0.15) is 12.4 Å². The third-order valence-corrected chi connectivity index (χ3v) is 4.29. The maximum absolute atomic E-state index is 13.5. The first-order valence-electron chi connectivity index (χ1n) is 8.20. The van der Waals surface area contributed by atoms with E-state index in [2.05, 4.69) is 15.7 Å². The number of fused-ring (bicyclic) bond motifs is 1. The number of nitrogens with one attached hydrogen (secondary N) is 1. The zero-order valence-electron chi connectivity index (χ0n) is 13.9. The molecule has 0 saturated carbocycles. The van der Waals surface area contributed by atoms with Crippen LogP contribution in [0, 0.1) is 5.82 Å². The molecule has 4 rings (SSSR count). The lowest BCUT2D eigenvalue weighted by Gasteiger charge is -2.20. The van der Waals surface area contributed by atoms with Crippen LogP contribution in [0.3, 0.4) is 0 Å². The summed E-state index contributed by atoms with van der Waals surface area (Å²) in [4.78, 5) is 38.4. The van der Waals surface area contributed by atoms with E-state index in [0.29, 0.717) is 5.69 Å². The number of anilines is 2. The largest absolute Gasteiger partial charge is 0.324 e. The average Bonchev–Trinajstić information content (AvgIpc) is 3.16. The summed E-state index contributed by atoms with van der Waals surface area (Å²) in [5, 5.41) is 11.5. The average molecular weight is 367 g/mol. The van der Waals surface area contributed by atoms with Crippen molar-refractivity contribution in [1.82, 2.24) is 5.01 Å². The third-order valence-electron chi connectivity index (χ3n) is 4.29. The molecule has 0 radical (unpaired) electrons. The summed E-state index contributed by atoms with van der Waals surface area (Å²) in [6.07, 6.45) is 0. The molecule has 0 aromatic heterocycles. The van der Waals surface area contributed by atoms with Gasteiger partial charge in [-0.05, 0) is 30.3 Å². The second-order valence-corrected chi connectivity index (χ2v) is 6.10. The van der Waals surface area contributed by atoms with E-state index in [1.54, 1.807) is 24.3 Å². The highest BCUT2D eigenvalue weighted by molar-refractivity contribution is 6.25. The zero-order valence-corrected chi connectivity index (χ0v) is 13.9. The first kappa shape index (κ1) is 16.8. The number of hydrogen-bond acceptors (Lipinski definition) is 6. The van der Waals surface area contributed by atoms with Crippen LogP contribution in [0.2, 0.25) is 0 Å². The van der Waals surface area contributed by atoms with Crippen LogP contribution in [0.5, 0.6) is 0 Å². The number of amides is 3. The molecule has 3 amide bonds. The molecule has 9 heteroatoms. The van der Waals surface area contributed by atoms with Gasteiger partial charge in [-0.2, -0.15) is 5.11 Å². The Kier molecular flexibility index (Phi) is 4.11. The van der Waals surface area contributed by atoms with Crippen LogP contribution in [0.15, 0.2) is 64.9 Å². The number of hydrogen-bond donors (Lipinski definition) is 1. The van der Waals surface area contributed by atoms with E-state index in [4.69, 9.17) is 0 Å². The lowest BCUT2D eigenvalue weighted by molar-refractivity contribution is -0.123. The van der Waals surface area contributed by atoms with Crippen LogP contribution >= 0.6 is 0 Å². The Morgan fingerprint density at radius 1 is 1.07 bits per heavy atom. The SMILES string of the molecule is O=C(CN1N=N[C@@H]2C(=O)N(c3cccc(F)c3)C(=O)[C@@H]21)Nc1ccccc1. The molecule has 2 aliphatic rings. The second-order valence-electron chi connectivity index (χ2n) is 6.10. The fourth-order valence-corrected chi connectivity index (χ4v) is 3.09. The summed E-state index contributed by atoms with van der Waals surface area (Å²) in [6, 6.07) is 12.0. The van der Waals surface area contributed by atoms with Crippen LogP contribution in [-0.4, -0.2) is 41.4 Å². The van der Waals surface area contributed by atoms with E-state index >= 15 is 0 Å². The number of para-hydroxylation sites is 1. The molecular formula is C18H14FN5O3. The molecule has 136 valence electrons. The van der Waals surface area contributed by atoms with Gasteiger partial charge < -0.3 is 5.32 Å². The van der Waals surface area contributed by atoms with Crippen molar-refractivity contribution in [2.75, 3.05) is 16.8 Å². The van der Waals surface area contributed by atoms with E-state index < -0.39 is 35.6 Å². The molecule has 2 heterocycles. The Labute approximate surface area is 153 Å². The Bertz CT molecular complexity index is 949. The van der Waals surface area contributed by atoms with E-state index in [9.17, 15) is 18.8 Å². The predicted octanol–water partition coefficient (Wildman–Crippen LogP) is 1.76. The van der Waals surface area contributed by atoms with Crippen molar-refractivity contribution in [3.8, 4) is 0 Å². The van der Waals surface area contributed by atoms with Crippen LogP contribution in [0.1, 0.15) is 0 Å². The standard InChI is InChI=1S/C18H14FN5O3/c19-11-5-4-8-13(9-11)24-17(26)15-16(18(24)27)23(22-21-15)10-14(25)20-12-6-2-1-3-7-12/h1-9,15-16H,10H2,(H,20,25)/t15-,16+/m0/s1. The number of nitrogens with zero attached hydrogens (tertiary/aromatic N) is 4. The number of imide groups is 1. The van der Waals surface area contributed by atoms with Crippen LogP contribution < -0.4 is 10.2 Å². The molecule has 0 aliphatic carbocycles. The molecule has 2 aromatic rings. The van der Waals surface area contributed by atoms with Crippen molar-refractivity contribution >= 4 is 29.1 Å². The van der Waals surface area contributed by atoms with Gasteiger partial charge in [-0.15, -0.1) is 0 Å². The molecule has 2 atom stereocenters. The fourth-order valence-electron chi connectivity index (χ4n) is 3.09. The smallest absolute Gasteiger partial charge is 0.263 e. The van der Waals surface area contributed by atoms with Crippen LogP contribution in [0.4, 0.5) is 15.8 Å². The zero-order chi connectivity index (χ0) is 19.0. The number of benzene rings is 2. The molecule has 0 spiro atoms. The lowest BCUT2D eigenvalue weighted by atomic mass is 10.1. The number of carbonyl (C=O) groups is 3. The fraction of sp³-hybridized carbons (Fsp3) is 0.167. The lowest BCUT2D eigenvalue weighted by Crippen LogP contribution is -2.43. The monoisotopic (exact) mass is 367 g/mol. The summed E-state index contributed by atoms with van der Waals surface area (Å²) < 4.78 is 13.5. The Balaban J connectivity index is 1.50. The highest BCUT2D eigenvalue weighted by Crippen LogP contribution is 2.31. The van der Waals surface area contributed by atoms with Crippen molar-refractivity contribution in [3.05, 3.63) is 60.4 Å². The molecule has 2 aromatic carbocycles. The van der Waals surface area contributed by atoms with E-state index in [-0.39, 0.29) is 12.2 Å². The van der Waals surface area contributed by atoms with Gasteiger partial charge in [-0.1, -0.05) is 29.5 Å². The Morgan fingerprint density at radius 3 is 2.59 bits per heavy atom. The molecule has 27 heavy (non-hydrogen) atoms. The van der Waals surface area contributed by atoms with Crippen molar-refractivity contribution in [2.45, 2.75) is 12.1 Å². The summed E-state index contributed by atoms with van der Waals surface area (Å²) in [5.74, 6) is -2.14. The Morgan fingerprint density at radius 2 is 1.85 bits per heavy atom. The highest BCUT2D eigenvalue weighted by atomic mass is 19.1. The second kappa shape index (κ2) is 6.60. The van der Waals surface area contributed by atoms with Crippen LogP contribution in [-0.2, 0) is 14.4 Å². The maximum Gasteiger partial charge on any atom is 0.263 e. The summed E-state index contributed by atoms with van der Waals surface area (Å²) in [7, 11) is 0. The maximum atomic E-state index is 13.5. The van der Waals surface area contributed by atoms with Gasteiger partial charge in [0.05, 0.1) is 5.69 Å². The molecule has 1 fully saturated rings. The van der Waals surface area contributed by atoms with Gasteiger partial charge in [0.2, 0.25) is 5.91 Å². The van der Waals surface area contributed by atoms with Gasteiger partial charge in [0.15, 0.2) is 12.1 Å². The van der Waals surface area contributed by atoms with Gasteiger partial charge in [-0.25, -0.2) is 9.29 Å². The quantitative estimate of drug-likeness (QED) is 0.833.